The molecule has 0 heterocycles. The number of ether oxygens (including phenoxy) is 1. The van der Waals surface area contributed by atoms with Crippen molar-refractivity contribution in [3.05, 3.63) is 12.7 Å². The van der Waals surface area contributed by atoms with Crippen molar-refractivity contribution in [1.29, 1.82) is 0 Å². The Morgan fingerprint density at radius 1 is 1.46 bits per heavy atom. The van der Waals surface area contributed by atoms with Crippen LogP contribution >= 0.6 is 0 Å². The molecule has 0 rings (SSSR count). The third-order valence-corrected chi connectivity index (χ3v) is 1.52. The molecule has 0 saturated heterocycles. The second-order valence-corrected chi connectivity index (χ2v) is 3.47. The maximum absolute atomic E-state index is 11.4. The second kappa shape index (κ2) is 5.62. The topological polar surface area (TPSA) is 29.5 Å². The first-order chi connectivity index (χ1) is 5.99. The molecule has 0 atom stereocenters. The highest BCUT2D eigenvalue weighted by Crippen LogP contribution is 2.03. The van der Waals surface area contributed by atoms with Crippen LogP contribution in [0.3, 0.4) is 0 Å². The molecule has 76 valence electrons. The van der Waals surface area contributed by atoms with Crippen LogP contribution in [0.15, 0.2) is 12.7 Å². The zero-order valence-corrected chi connectivity index (χ0v) is 8.91. The van der Waals surface area contributed by atoms with Gasteiger partial charge in [0.1, 0.15) is 0 Å². The third kappa shape index (κ3) is 4.55. The molecule has 0 spiro atoms. The van der Waals surface area contributed by atoms with Gasteiger partial charge in [0, 0.05) is 12.6 Å². The van der Waals surface area contributed by atoms with Crippen LogP contribution in [-0.4, -0.2) is 29.7 Å². The van der Waals surface area contributed by atoms with E-state index >= 15 is 0 Å². The van der Waals surface area contributed by atoms with Crippen LogP contribution in [0.2, 0.25) is 0 Å². The largest absolute Gasteiger partial charge is 0.447 e. The van der Waals surface area contributed by atoms with Crippen molar-refractivity contribution in [1.82, 2.24) is 4.90 Å². The number of carbonyl (C=O) groups is 1. The van der Waals surface area contributed by atoms with Crippen LogP contribution < -0.4 is 0 Å². The molecule has 0 bridgehead atoms. The standard InChI is InChI=1S/C10H19NO2/c1-6-7-11(8(2)3)10(12)13-9(4)5/h6,8-9H,1,7H2,2-5H3. The summed E-state index contributed by atoms with van der Waals surface area (Å²) >= 11 is 0. The molecule has 3 heteroatoms. The van der Waals surface area contributed by atoms with Gasteiger partial charge in [0.15, 0.2) is 0 Å². The molecule has 0 aliphatic rings. The molecule has 0 aliphatic carbocycles. The molecule has 0 aromatic heterocycles. The third-order valence-electron chi connectivity index (χ3n) is 1.52. The van der Waals surface area contributed by atoms with Gasteiger partial charge in [-0.3, -0.25) is 0 Å². The summed E-state index contributed by atoms with van der Waals surface area (Å²) in [5, 5.41) is 0. The number of hydrogen-bond acceptors (Lipinski definition) is 2. The lowest BCUT2D eigenvalue weighted by Crippen LogP contribution is -2.38. The van der Waals surface area contributed by atoms with E-state index in [1.807, 2.05) is 27.7 Å². The van der Waals surface area contributed by atoms with E-state index in [0.717, 1.165) is 0 Å². The van der Waals surface area contributed by atoms with Gasteiger partial charge >= 0.3 is 6.09 Å². The van der Waals surface area contributed by atoms with Crippen LogP contribution in [0.5, 0.6) is 0 Å². The Morgan fingerprint density at radius 3 is 2.31 bits per heavy atom. The lowest BCUT2D eigenvalue weighted by atomic mass is 10.3. The van der Waals surface area contributed by atoms with Crippen molar-refractivity contribution in [3.8, 4) is 0 Å². The molecule has 0 saturated carbocycles. The highest BCUT2D eigenvalue weighted by atomic mass is 16.6. The predicted octanol–water partition coefficient (Wildman–Crippen LogP) is 2.43. The minimum Gasteiger partial charge on any atom is -0.447 e. The zero-order valence-electron chi connectivity index (χ0n) is 8.91. The Balaban J connectivity index is 4.19. The maximum atomic E-state index is 11.4. The van der Waals surface area contributed by atoms with Gasteiger partial charge in [-0.15, -0.1) is 6.58 Å². The quantitative estimate of drug-likeness (QED) is 0.629. The molecule has 0 unspecified atom stereocenters. The fraction of sp³-hybridized carbons (Fsp3) is 0.700. The lowest BCUT2D eigenvalue weighted by Gasteiger charge is -2.25. The average Bonchev–Trinajstić information content (AvgIpc) is 1.97. The van der Waals surface area contributed by atoms with E-state index in [1.165, 1.54) is 0 Å². The monoisotopic (exact) mass is 185 g/mol. The van der Waals surface area contributed by atoms with Crippen molar-refractivity contribution in [2.24, 2.45) is 0 Å². The number of hydrogen-bond donors (Lipinski definition) is 0. The van der Waals surface area contributed by atoms with Crippen molar-refractivity contribution < 1.29 is 9.53 Å². The van der Waals surface area contributed by atoms with Gasteiger partial charge in [0.25, 0.3) is 0 Å². The van der Waals surface area contributed by atoms with Gasteiger partial charge in [0.2, 0.25) is 0 Å². The van der Waals surface area contributed by atoms with Gasteiger partial charge in [-0.05, 0) is 27.7 Å². The summed E-state index contributed by atoms with van der Waals surface area (Å²) < 4.78 is 5.07. The van der Waals surface area contributed by atoms with E-state index in [0.29, 0.717) is 6.54 Å². The van der Waals surface area contributed by atoms with Gasteiger partial charge in [-0.2, -0.15) is 0 Å². The van der Waals surface area contributed by atoms with Gasteiger partial charge < -0.3 is 9.64 Å². The van der Waals surface area contributed by atoms with Crippen molar-refractivity contribution in [2.75, 3.05) is 6.54 Å². The van der Waals surface area contributed by atoms with E-state index in [2.05, 4.69) is 6.58 Å². The molecule has 0 aromatic rings. The minimum absolute atomic E-state index is 0.0708. The first kappa shape index (κ1) is 12.0. The van der Waals surface area contributed by atoms with E-state index < -0.39 is 0 Å². The number of nitrogens with zero attached hydrogens (tertiary/aromatic N) is 1. The molecular formula is C10H19NO2. The fourth-order valence-corrected chi connectivity index (χ4v) is 0.905. The summed E-state index contributed by atoms with van der Waals surface area (Å²) in [6.45, 7) is 11.7. The number of amides is 1. The summed E-state index contributed by atoms with van der Waals surface area (Å²) in [5.41, 5.74) is 0. The van der Waals surface area contributed by atoms with E-state index in [-0.39, 0.29) is 18.2 Å². The fourth-order valence-electron chi connectivity index (χ4n) is 0.905. The Morgan fingerprint density at radius 2 is 2.00 bits per heavy atom. The average molecular weight is 185 g/mol. The Bertz CT molecular complexity index is 176. The molecule has 13 heavy (non-hydrogen) atoms. The van der Waals surface area contributed by atoms with E-state index in [1.54, 1.807) is 11.0 Å². The first-order valence-corrected chi connectivity index (χ1v) is 4.57. The van der Waals surface area contributed by atoms with Gasteiger partial charge in [-0.25, -0.2) is 4.79 Å². The molecule has 1 amide bonds. The maximum Gasteiger partial charge on any atom is 0.410 e. The summed E-state index contributed by atoms with van der Waals surface area (Å²) in [6.07, 6.45) is 1.35. The molecule has 0 aromatic carbocycles. The molecule has 0 radical (unpaired) electrons. The smallest absolute Gasteiger partial charge is 0.410 e. The predicted molar refractivity (Wildman–Crippen MR) is 53.7 cm³/mol. The Hall–Kier alpha value is -0.990. The Labute approximate surface area is 80.4 Å². The van der Waals surface area contributed by atoms with Gasteiger partial charge in [-0.1, -0.05) is 6.08 Å². The van der Waals surface area contributed by atoms with Crippen molar-refractivity contribution in [2.45, 2.75) is 39.8 Å². The Kier molecular flexibility index (Phi) is 5.19. The number of rotatable bonds is 4. The normalized spacial score (nSPS) is 10.3. The van der Waals surface area contributed by atoms with Crippen LogP contribution in [0.4, 0.5) is 4.79 Å². The van der Waals surface area contributed by atoms with E-state index in [4.69, 9.17) is 4.74 Å². The molecule has 0 aliphatic heterocycles. The van der Waals surface area contributed by atoms with Crippen molar-refractivity contribution in [3.63, 3.8) is 0 Å². The lowest BCUT2D eigenvalue weighted by molar-refractivity contribution is 0.0719. The summed E-state index contributed by atoms with van der Waals surface area (Å²) in [4.78, 5) is 13.1. The minimum atomic E-state index is -0.273. The molecule has 0 fully saturated rings. The van der Waals surface area contributed by atoms with Crippen LogP contribution in [0.25, 0.3) is 0 Å². The molecule has 0 N–H and O–H groups in total. The highest BCUT2D eigenvalue weighted by Gasteiger charge is 2.17. The summed E-state index contributed by atoms with van der Waals surface area (Å²) in [6, 6.07) is 0.143. The summed E-state index contributed by atoms with van der Waals surface area (Å²) in [5.74, 6) is 0. The second-order valence-electron chi connectivity index (χ2n) is 3.47. The molecular weight excluding hydrogens is 166 g/mol. The van der Waals surface area contributed by atoms with Crippen LogP contribution in [0, 0.1) is 0 Å². The number of carbonyl (C=O) groups excluding carboxylic acids is 1. The van der Waals surface area contributed by atoms with E-state index in [9.17, 15) is 4.79 Å². The van der Waals surface area contributed by atoms with Crippen LogP contribution in [-0.2, 0) is 4.74 Å². The van der Waals surface area contributed by atoms with Gasteiger partial charge in [0.05, 0.1) is 6.10 Å². The van der Waals surface area contributed by atoms with Crippen molar-refractivity contribution >= 4 is 6.09 Å². The zero-order chi connectivity index (χ0) is 10.4. The highest BCUT2D eigenvalue weighted by molar-refractivity contribution is 5.68. The van der Waals surface area contributed by atoms with Crippen LogP contribution in [0.1, 0.15) is 27.7 Å². The molecule has 3 nitrogen and oxygen atoms in total. The summed E-state index contributed by atoms with van der Waals surface area (Å²) in [7, 11) is 0. The first-order valence-electron chi connectivity index (χ1n) is 4.57. The SMILES string of the molecule is C=CCN(C(=O)OC(C)C)C(C)C.